The highest BCUT2D eigenvalue weighted by molar-refractivity contribution is 6.62. The predicted molar refractivity (Wildman–Crippen MR) is 128 cm³/mol. The Balaban J connectivity index is 1.59. The summed E-state index contributed by atoms with van der Waals surface area (Å²) in [6.45, 7) is 3.14. The molecule has 2 aliphatic heterocycles. The topological polar surface area (TPSA) is 199 Å². The van der Waals surface area contributed by atoms with E-state index in [1.165, 1.54) is 0 Å². The lowest BCUT2D eigenvalue weighted by atomic mass is 9.73. The molecule has 2 aliphatic carbocycles. The van der Waals surface area contributed by atoms with Crippen molar-refractivity contribution in [3.63, 3.8) is 0 Å². The molecule has 12 heteroatoms. The van der Waals surface area contributed by atoms with E-state index in [4.69, 9.17) is 9.47 Å². The summed E-state index contributed by atoms with van der Waals surface area (Å²) in [6, 6.07) is 2.27. The Morgan fingerprint density at radius 2 is 1.15 bits per heavy atom. The number of rotatable bonds is 0. The number of aliphatic hydroxyl groups excluding tert-OH is 1. The number of aromatic hydroxyl groups is 2. The lowest BCUT2D eigenvalue weighted by molar-refractivity contribution is -0.115. The van der Waals surface area contributed by atoms with Crippen molar-refractivity contribution in [2.45, 2.75) is 45.0 Å². The number of hydrogen-bond acceptors (Lipinski definition) is 12. The van der Waals surface area contributed by atoms with E-state index in [1.54, 1.807) is 13.8 Å². The Kier molecular flexibility index (Phi) is 5.23. The number of carbonyl (C=O) groups excluding carboxylic acids is 7. The first kappa shape index (κ1) is 25.3. The van der Waals surface area contributed by atoms with Crippen LogP contribution in [0.15, 0.2) is 23.3 Å². The van der Waals surface area contributed by atoms with Crippen LogP contribution >= 0.6 is 0 Å². The van der Waals surface area contributed by atoms with Crippen LogP contribution < -0.4 is 0 Å². The Hall–Kier alpha value is -4.97. The van der Waals surface area contributed by atoms with Crippen LogP contribution in [0.5, 0.6) is 11.5 Å². The smallest absolute Gasteiger partial charge is 0.342 e. The number of aliphatic hydroxyl groups is 1. The summed E-state index contributed by atoms with van der Waals surface area (Å²) in [7, 11) is 0. The third-order valence-corrected chi connectivity index (χ3v) is 7.49. The van der Waals surface area contributed by atoms with Crippen LogP contribution in [0.3, 0.4) is 0 Å². The number of benzene rings is 2. The average Bonchev–Trinajstić information content (AvgIpc) is 2.86. The van der Waals surface area contributed by atoms with Crippen LogP contribution in [0.25, 0.3) is 0 Å². The van der Waals surface area contributed by atoms with Gasteiger partial charge in [-0.1, -0.05) is 0 Å². The standard InChI is InChI=1S/C28H18O12/c1-7-3-9-5-11-15(21(31)13(9)27(37)39-7)23(33)17(25(35)19(11)29)18-24(34)16-12(20(30)26(18)36)6-10-4-8(2)40-28(38)14(10)22(16)32/h5-8,23,31-33H,3-4H2,1-2H3/t7-,8-,23?/m1/s1. The van der Waals surface area contributed by atoms with E-state index < -0.39 is 110 Å². The monoisotopic (exact) mass is 546 g/mol. The zero-order valence-electron chi connectivity index (χ0n) is 20.8. The molecular weight excluding hydrogens is 528 g/mol. The van der Waals surface area contributed by atoms with Gasteiger partial charge in [-0.2, -0.15) is 0 Å². The van der Waals surface area contributed by atoms with Gasteiger partial charge in [-0.25, -0.2) is 9.59 Å². The minimum absolute atomic E-state index is 0.0822. The second-order valence-electron chi connectivity index (χ2n) is 10.1. The molecule has 0 amide bonds. The number of carbonyl (C=O) groups is 7. The molecule has 0 fully saturated rings. The highest BCUT2D eigenvalue weighted by atomic mass is 16.5. The van der Waals surface area contributed by atoms with Crippen molar-refractivity contribution in [1.29, 1.82) is 0 Å². The zero-order valence-corrected chi connectivity index (χ0v) is 20.8. The highest BCUT2D eigenvalue weighted by Crippen LogP contribution is 2.46. The first-order valence-electron chi connectivity index (χ1n) is 12.2. The first-order valence-corrected chi connectivity index (χ1v) is 12.2. The van der Waals surface area contributed by atoms with Crippen LogP contribution in [0.4, 0.5) is 0 Å². The van der Waals surface area contributed by atoms with Crippen molar-refractivity contribution < 1.29 is 58.4 Å². The predicted octanol–water partition coefficient (Wildman–Crippen LogP) is 1.04. The summed E-state index contributed by atoms with van der Waals surface area (Å²) in [4.78, 5) is 91.3. The second kappa shape index (κ2) is 8.26. The number of ether oxygens (including phenoxy) is 2. The van der Waals surface area contributed by atoms with E-state index in [1.807, 2.05) is 0 Å². The van der Waals surface area contributed by atoms with E-state index in [0.717, 1.165) is 12.1 Å². The fourth-order valence-electron chi connectivity index (χ4n) is 5.77. The molecule has 12 nitrogen and oxygen atoms in total. The summed E-state index contributed by atoms with van der Waals surface area (Å²) < 4.78 is 10.2. The second-order valence-corrected chi connectivity index (χ2v) is 10.1. The Labute approximate surface area is 223 Å². The number of ketones is 5. The van der Waals surface area contributed by atoms with Crippen molar-refractivity contribution in [3.05, 3.63) is 67.8 Å². The molecule has 3 atom stereocenters. The van der Waals surface area contributed by atoms with Gasteiger partial charge in [0.2, 0.25) is 28.9 Å². The molecule has 40 heavy (non-hydrogen) atoms. The maximum Gasteiger partial charge on any atom is 0.342 e. The van der Waals surface area contributed by atoms with Gasteiger partial charge in [0.15, 0.2) is 0 Å². The van der Waals surface area contributed by atoms with Crippen molar-refractivity contribution in [2.75, 3.05) is 0 Å². The van der Waals surface area contributed by atoms with E-state index in [-0.39, 0.29) is 29.5 Å². The van der Waals surface area contributed by atoms with Gasteiger partial charge in [0, 0.05) is 29.5 Å². The molecular formula is C28H18O12. The zero-order chi connectivity index (χ0) is 28.9. The van der Waals surface area contributed by atoms with Gasteiger partial charge < -0.3 is 24.8 Å². The van der Waals surface area contributed by atoms with E-state index >= 15 is 0 Å². The largest absolute Gasteiger partial charge is 0.507 e. The van der Waals surface area contributed by atoms with Gasteiger partial charge in [0.05, 0.1) is 16.7 Å². The Bertz CT molecular complexity index is 1740. The quantitative estimate of drug-likeness (QED) is 0.184. The summed E-state index contributed by atoms with van der Waals surface area (Å²) in [5, 5.41) is 33.0. The molecule has 3 N–H and O–H groups in total. The van der Waals surface area contributed by atoms with Crippen molar-refractivity contribution in [3.8, 4) is 11.5 Å². The number of hydrogen-bond donors (Lipinski definition) is 3. The average molecular weight is 546 g/mol. The van der Waals surface area contributed by atoms with Gasteiger partial charge in [0.25, 0.3) is 0 Å². The van der Waals surface area contributed by atoms with E-state index in [2.05, 4.69) is 0 Å². The minimum atomic E-state index is -2.29. The van der Waals surface area contributed by atoms with Crippen LogP contribution in [0, 0.1) is 0 Å². The summed E-state index contributed by atoms with van der Waals surface area (Å²) >= 11 is 0. The van der Waals surface area contributed by atoms with Crippen LogP contribution in [-0.2, 0) is 31.9 Å². The van der Waals surface area contributed by atoms with E-state index in [9.17, 15) is 48.9 Å². The SMILES string of the molecule is C[C@@H]1Cc2cc3c(c(O)c2C(=O)O1)C(=O)C(=C1C(=O)C(=O)c2cc4c(c(O)c2C1O)C(=O)O[C@H](C)C4)C(=O)C3=O. The van der Waals surface area contributed by atoms with Crippen LogP contribution in [-0.4, -0.2) is 68.4 Å². The third kappa shape index (κ3) is 3.19. The summed E-state index contributed by atoms with van der Waals surface area (Å²) in [5.74, 6) is -10.8. The van der Waals surface area contributed by atoms with E-state index in [0.29, 0.717) is 0 Å². The van der Waals surface area contributed by atoms with Crippen molar-refractivity contribution >= 4 is 40.9 Å². The third-order valence-electron chi connectivity index (χ3n) is 7.49. The maximum absolute atomic E-state index is 13.6. The molecule has 0 bridgehead atoms. The molecule has 0 aromatic heterocycles. The molecule has 0 spiro atoms. The number of Topliss-reactive ketones (excluding diaryl/α,β-unsaturated/α-hetero) is 5. The molecule has 202 valence electrons. The summed E-state index contributed by atoms with van der Waals surface area (Å²) in [5.41, 5.74) is -5.07. The van der Waals surface area contributed by atoms with Gasteiger partial charge in [0.1, 0.15) is 40.9 Å². The number of allylic oxidation sites excluding steroid dienone is 1. The fourth-order valence-corrected chi connectivity index (χ4v) is 5.77. The van der Waals surface area contributed by atoms with Gasteiger partial charge in [-0.15, -0.1) is 0 Å². The molecule has 2 heterocycles. The van der Waals surface area contributed by atoms with Gasteiger partial charge in [-0.05, 0) is 37.1 Å². The molecule has 4 aliphatic rings. The Morgan fingerprint density at radius 3 is 1.73 bits per heavy atom. The van der Waals surface area contributed by atoms with Gasteiger partial charge >= 0.3 is 11.9 Å². The number of phenolic OH excluding ortho intramolecular Hbond substituents is 2. The molecule has 6 rings (SSSR count). The molecule has 2 aromatic carbocycles. The van der Waals surface area contributed by atoms with Crippen molar-refractivity contribution in [2.24, 2.45) is 0 Å². The first-order chi connectivity index (χ1) is 18.8. The normalized spacial score (nSPS) is 25.6. The number of phenols is 2. The van der Waals surface area contributed by atoms with Crippen LogP contribution in [0.2, 0.25) is 0 Å². The number of esters is 2. The minimum Gasteiger partial charge on any atom is -0.507 e. The molecule has 0 saturated carbocycles. The number of fused-ring (bicyclic) bond motifs is 4. The lowest BCUT2D eigenvalue weighted by Gasteiger charge is -2.30. The maximum atomic E-state index is 13.6. The molecule has 0 radical (unpaired) electrons. The molecule has 1 unspecified atom stereocenters. The number of cyclic esters (lactones) is 2. The Morgan fingerprint density at radius 1 is 0.650 bits per heavy atom. The van der Waals surface area contributed by atoms with Crippen LogP contribution in [0.1, 0.15) is 88.4 Å². The lowest BCUT2D eigenvalue weighted by Crippen LogP contribution is -2.38. The molecule has 0 saturated heterocycles. The van der Waals surface area contributed by atoms with Gasteiger partial charge in [-0.3, -0.25) is 24.0 Å². The fraction of sp³-hybridized carbons (Fsp3) is 0.250. The summed E-state index contributed by atoms with van der Waals surface area (Å²) in [6.07, 6.45) is -3.32. The van der Waals surface area contributed by atoms with Crippen molar-refractivity contribution in [1.82, 2.24) is 0 Å². The highest BCUT2D eigenvalue weighted by Gasteiger charge is 2.49. The molecule has 2 aromatic rings.